The zero-order valence-electron chi connectivity index (χ0n) is 20.1. The molecule has 2 aromatic carbocycles. The summed E-state index contributed by atoms with van der Waals surface area (Å²) in [5, 5.41) is 17.8. The van der Waals surface area contributed by atoms with E-state index in [4.69, 9.17) is 27.0 Å². The van der Waals surface area contributed by atoms with Gasteiger partial charge in [0.1, 0.15) is 11.6 Å². The van der Waals surface area contributed by atoms with Gasteiger partial charge in [-0.2, -0.15) is 0 Å². The first-order valence-corrected chi connectivity index (χ1v) is 11.6. The Kier molecular flexibility index (Phi) is 7.23. The van der Waals surface area contributed by atoms with Gasteiger partial charge in [0.15, 0.2) is 11.9 Å². The van der Waals surface area contributed by atoms with E-state index in [1.807, 2.05) is 18.2 Å². The van der Waals surface area contributed by atoms with E-state index < -0.39 is 11.7 Å². The van der Waals surface area contributed by atoms with Crippen molar-refractivity contribution in [3.05, 3.63) is 71.1 Å². The maximum Gasteiger partial charge on any atom is 0.258 e. The SMILES string of the molecule is COc1cc(NC(=O)c2ccc(C3=CCN(C(=N)N)CC3)cc2F)ccc1C1=CCN(C(=N)N)CC1. The van der Waals surface area contributed by atoms with Crippen molar-refractivity contribution >= 4 is 34.7 Å². The first kappa shape index (κ1) is 24.8. The second-order valence-corrected chi connectivity index (χ2v) is 8.69. The average Bonchev–Trinajstić information content (AvgIpc) is 2.88. The molecule has 0 saturated carbocycles. The lowest BCUT2D eigenvalue weighted by Crippen LogP contribution is -2.39. The fraction of sp³-hybridized carbons (Fsp3) is 0.269. The first-order valence-electron chi connectivity index (χ1n) is 11.6. The minimum absolute atomic E-state index is 0.0169. The number of benzene rings is 2. The molecule has 0 radical (unpaired) electrons. The third-order valence-electron chi connectivity index (χ3n) is 6.49. The average molecular weight is 492 g/mol. The fourth-order valence-electron chi connectivity index (χ4n) is 4.41. The third kappa shape index (κ3) is 5.32. The molecule has 0 unspecified atom stereocenters. The van der Waals surface area contributed by atoms with Gasteiger partial charge < -0.3 is 31.3 Å². The molecule has 2 aromatic rings. The van der Waals surface area contributed by atoms with Crippen LogP contribution in [0.25, 0.3) is 11.1 Å². The van der Waals surface area contributed by atoms with E-state index >= 15 is 0 Å². The Hall–Kier alpha value is -4.34. The van der Waals surface area contributed by atoms with Gasteiger partial charge in [-0.25, -0.2) is 4.39 Å². The molecule has 0 atom stereocenters. The van der Waals surface area contributed by atoms with Crippen molar-refractivity contribution in [1.82, 2.24) is 9.80 Å². The number of hydrogen-bond donors (Lipinski definition) is 5. The lowest BCUT2D eigenvalue weighted by Gasteiger charge is -2.27. The quantitative estimate of drug-likeness (QED) is 0.321. The van der Waals surface area contributed by atoms with Crippen molar-refractivity contribution in [1.29, 1.82) is 10.8 Å². The van der Waals surface area contributed by atoms with Crippen LogP contribution in [0.2, 0.25) is 0 Å². The zero-order chi connectivity index (χ0) is 25.8. The summed E-state index contributed by atoms with van der Waals surface area (Å²) in [6.07, 6.45) is 5.28. The number of nitrogens with one attached hydrogen (secondary N) is 3. The molecule has 0 saturated heterocycles. The maximum atomic E-state index is 14.9. The van der Waals surface area contributed by atoms with E-state index in [-0.39, 0.29) is 17.5 Å². The Morgan fingerprint density at radius 2 is 1.61 bits per heavy atom. The molecular formula is C26H30FN7O2. The van der Waals surface area contributed by atoms with Gasteiger partial charge in [-0.3, -0.25) is 15.6 Å². The summed E-state index contributed by atoms with van der Waals surface area (Å²) < 4.78 is 20.4. The molecular weight excluding hydrogens is 461 g/mol. The first-order chi connectivity index (χ1) is 17.3. The standard InChI is InChI=1S/C26H30FN7O2/c1-36-23-15-19(3-5-20(23)17-8-12-34(13-9-17)26(30)31)32-24(35)21-4-2-18(14-22(21)27)16-6-10-33(11-7-16)25(28)29/h2-6,8,14-15H,7,9-13H2,1H3,(H3,28,29)(H3,30,31)(H,32,35). The lowest BCUT2D eigenvalue weighted by atomic mass is 9.97. The molecule has 9 nitrogen and oxygen atoms in total. The number of carbonyl (C=O) groups is 1. The number of anilines is 1. The Morgan fingerprint density at radius 3 is 2.14 bits per heavy atom. The Labute approximate surface area is 209 Å². The van der Waals surface area contributed by atoms with Gasteiger partial charge in [0.25, 0.3) is 5.91 Å². The minimum atomic E-state index is -0.606. The summed E-state index contributed by atoms with van der Waals surface area (Å²) in [7, 11) is 1.56. The van der Waals surface area contributed by atoms with E-state index in [9.17, 15) is 9.18 Å². The summed E-state index contributed by atoms with van der Waals surface area (Å²) >= 11 is 0. The lowest BCUT2D eigenvalue weighted by molar-refractivity contribution is 0.102. The number of carbonyl (C=O) groups excluding carboxylic acids is 1. The van der Waals surface area contributed by atoms with Crippen LogP contribution in [0.15, 0.2) is 48.6 Å². The molecule has 7 N–H and O–H groups in total. The monoisotopic (exact) mass is 491 g/mol. The van der Waals surface area contributed by atoms with Gasteiger partial charge in [-0.15, -0.1) is 0 Å². The normalized spacial score (nSPS) is 15.6. The van der Waals surface area contributed by atoms with Gasteiger partial charge in [0, 0.05) is 43.5 Å². The molecule has 2 heterocycles. The van der Waals surface area contributed by atoms with Gasteiger partial charge in [-0.1, -0.05) is 18.2 Å². The molecule has 0 spiro atoms. The minimum Gasteiger partial charge on any atom is -0.496 e. The van der Waals surface area contributed by atoms with E-state index in [0.717, 1.165) is 16.7 Å². The summed E-state index contributed by atoms with van der Waals surface area (Å²) in [6, 6.07) is 9.92. The third-order valence-corrected chi connectivity index (χ3v) is 6.49. The Bertz CT molecular complexity index is 1270. The number of guanidine groups is 2. The van der Waals surface area contributed by atoms with Crippen LogP contribution < -0.4 is 21.5 Å². The second kappa shape index (κ2) is 10.5. The van der Waals surface area contributed by atoms with Gasteiger partial charge >= 0.3 is 0 Å². The molecule has 36 heavy (non-hydrogen) atoms. The van der Waals surface area contributed by atoms with Crippen LogP contribution in [0.1, 0.15) is 34.3 Å². The van der Waals surface area contributed by atoms with Crippen LogP contribution in [0, 0.1) is 16.6 Å². The van der Waals surface area contributed by atoms with Crippen molar-refractivity contribution in [3.63, 3.8) is 0 Å². The van der Waals surface area contributed by atoms with Crippen molar-refractivity contribution in [2.75, 3.05) is 38.6 Å². The maximum absolute atomic E-state index is 14.9. The molecule has 2 aliphatic rings. The number of ether oxygens (including phenoxy) is 1. The highest BCUT2D eigenvalue weighted by molar-refractivity contribution is 6.05. The van der Waals surface area contributed by atoms with E-state index in [2.05, 4.69) is 5.32 Å². The summed E-state index contributed by atoms with van der Waals surface area (Å²) in [6.45, 7) is 2.28. The summed E-state index contributed by atoms with van der Waals surface area (Å²) in [5.74, 6) is -0.502. The van der Waals surface area contributed by atoms with Gasteiger partial charge in [0.05, 0.1) is 12.7 Å². The molecule has 188 valence electrons. The molecule has 0 aliphatic carbocycles. The second-order valence-electron chi connectivity index (χ2n) is 8.69. The number of hydrogen-bond acceptors (Lipinski definition) is 4. The van der Waals surface area contributed by atoms with Crippen molar-refractivity contribution in [2.24, 2.45) is 11.5 Å². The molecule has 10 heteroatoms. The van der Waals surface area contributed by atoms with Gasteiger partial charge in [0.2, 0.25) is 0 Å². The van der Waals surface area contributed by atoms with Crippen LogP contribution in [0.5, 0.6) is 5.75 Å². The molecule has 0 fully saturated rings. The van der Waals surface area contributed by atoms with Crippen molar-refractivity contribution in [3.8, 4) is 5.75 Å². The number of methoxy groups -OCH3 is 1. The number of halogens is 1. The van der Waals surface area contributed by atoms with Crippen LogP contribution in [-0.2, 0) is 0 Å². The molecule has 2 aliphatic heterocycles. The highest BCUT2D eigenvalue weighted by Gasteiger charge is 2.19. The van der Waals surface area contributed by atoms with Crippen LogP contribution in [-0.4, -0.2) is 60.9 Å². The van der Waals surface area contributed by atoms with E-state index in [1.165, 1.54) is 12.1 Å². The van der Waals surface area contributed by atoms with Crippen LogP contribution in [0.3, 0.4) is 0 Å². The molecule has 0 bridgehead atoms. The van der Waals surface area contributed by atoms with Gasteiger partial charge in [-0.05, 0) is 53.8 Å². The highest BCUT2D eigenvalue weighted by atomic mass is 19.1. The number of nitrogens with two attached hydrogens (primary N) is 2. The Morgan fingerprint density at radius 1 is 0.972 bits per heavy atom. The zero-order valence-corrected chi connectivity index (χ0v) is 20.1. The Balaban J connectivity index is 1.47. The number of nitrogens with zero attached hydrogens (tertiary/aromatic N) is 2. The molecule has 1 amide bonds. The topological polar surface area (TPSA) is 145 Å². The predicted octanol–water partition coefficient (Wildman–Crippen LogP) is 3.05. The highest BCUT2D eigenvalue weighted by Crippen LogP contribution is 2.33. The summed E-state index contributed by atoms with van der Waals surface area (Å²) in [5.41, 5.74) is 15.2. The number of amides is 1. The predicted molar refractivity (Wildman–Crippen MR) is 140 cm³/mol. The molecule has 0 aromatic heterocycles. The van der Waals surface area contributed by atoms with Crippen molar-refractivity contribution in [2.45, 2.75) is 12.8 Å². The number of rotatable bonds is 5. The molecule has 4 rings (SSSR count). The van der Waals surface area contributed by atoms with Crippen molar-refractivity contribution < 1.29 is 13.9 Å². The van der Waals surface area contributed by atoms with Crippen LogP contribution >= 0.6 is 0 Å². The summed E-state index contributed by atoms with van der Waals surface area (Å²) in [4.78, 5) is 16.3. The largest absolute Gasteiger partial charge is 0.496 e. The fourth-order valence-corrected chi connectivity index (χ4v) is 4.41. The van der Waals surface area contributed by atoms with E-state index in [1.54, 1.807) is 35.1 Å². The van der Waals surface area contributed by atoms with Crippen LogP contribution in [0.4, 0.5) is 10.1 Å². The smallest absolute Gasteiger partial charge is 0.258 e. The van der Waals surface area contributed by atoms with E-state index in [0.29, 0.717) is 56.0 Å².